The molecule has 1 amide bonds. The number of halogens is 1. The smallest absolute Gasteiger partial charge is 0.240 e. The van der Waals surface area contributed by atoms with E-state index >= 15 is 0 Å². The van der Waals surface area contributed by atoms with Gasteiger partial charge in [0.1, 0.15) is 0 Å². The Morgan fingerprint density at radius 3 is 2.35 bits per heavy atom. The Kier molecular flexibility index (Phi) is 4.18. The molecule has 1 aliphatic rings. The fourth-order valence-corrected chi connectivity index (χ4v) is 2.93. The zero-order valence-electron chi connectivity index (χ0n) is 13.7. The lowest BCUT2D eigenvalue weighted by Gasteiger charge is -2.12. The van der Waals surface area contributed by atoms with E-state index in [2.05, 4.69) is 15.6 Å². The van der Waals surface area contributed by atoms with Gasteiger partial charge in [-0.2, -0.15) is 10.2 Å². The predicted octanol–water partition coefficient (Wildman–Crippen LogP) is 3.51. The molecule has 0 spiro atoms. The minimum atomic E-state index is -0.0680. The van der Waals surface area contributed by atoms with Crippen LogP contribution in [-0.2, 0) is 4.79 Å². The summed E-state index contributed by atoms with van der Waals surface area (Å²) in [6, 6.07) is 16.4. The summed E-state index contributed by atoms with van der Waals surface area (Å²) in [4.78, 5) is 11.2. The van der Waals surface area contributed by atoms with Gasteiger partial charge in [0.2, 0.25) is 11.8 Å². The molecular formula is C19H15ClN4O2. The Morgan fingerprint density at radius 1 is 1.00 bits per heavy atom. The molecule has 2 N–H and O–H groups in total. The highest BCUT2D eigenvalue weighted by molar-refractivity contribution is 6.30. The van der Waals surface area contributed by atoms with Crippen LogP contribution in [0.1, 0.15) is 18.4 Å². The molecule has 0 radical (unpaired) electrons. The summed E-state index contributed by atoms with van der Waals surface area (Å²) >= 11 is 5.91. The van der Waals surface area contributed by atoms with Gasteiger partial charge in [-0.05, 0) is 29.8 Å². The molecule has 2 aromatic carbocycles. The standard InChI is InChI=1S/C19H15ClN4O2/c20-14-5-1-13(2-6-14)17-11-19(26)24(23-17)15-7-3-12(4-8-15)16-9-10-18(25)22-21-16/h1-8,11,26H,9-10H2,(H,22,25). The number of carbonyl (C=O) groups is 1. The largest absolute Gasteiger partial charge is 0.493 e. The maximum absolute atomic E-state index is 11.2. The molecule has 1 aliphatic heterocycles. The number of aromatic nitrogens is 2. The van der Waals surface area contributed by atoms with Gasteiger partial charge >= 0.3 is 0 Å². The second-order valence-electron chi connectivity index (χ2n) is 5.95. The van der Waals surface area contributed by atoms with Crippen LogP contribution in [0.3, 0.4) is 0 Å². The van der Waals surface area contributed by atoms with Crippen molar-refractivity contribution in [2.24, 2.45) is 5.10 Å². The Labute approximate surface area is 154 Å². The Bertz CT molecular complexity index is 991. The Balaban J connectivity index is 1.62. The molecular weight excluding hydrogens is 352 g/mol. The van der Waals surface area contributed by atoms with Crippen LogP contribution in [0.4, 0.5) is 0 Å². The molecule has 0 bridgehead atoms. The van der Waals surface area contributed by atoms with Crippen molar-refractivity contribution in [2.45, 2.75) is 12.8 Å². The number of benzene rings is 2. The van der Waals surface area contributed by atoms with E-state index < -0.39 is 0 Å². The van der Waals surface area contributed by atoms with Gasteiger partial charge in [-0.1, -0.05) is 35.9 Å². The van der Waals surface area contributed by atoms with Crippen LogP contribution in [0.5, 0.6) is 5.88 Å². The number of aromatic hydroxyl groups is 1. The third-order valence-electron chi connectivity index (χ3n) is 4.18. The van der Waals surface area contributed by atoms with Crippen molar-refractivity contribution in [3.05, 3.63) is 65.2 Å². The van der Waals surface area contributed by atoms with Gasteiger partial charge in [0.05, 0.1) is 17.1 Å². The molecule has 130 valence electrons. The number of nitrogens with zero attached hydrogens (tertiary/aromatic N) is 3. The monoisotopic (exact) mass is 366 g/mol. The van der Waals surface area contributed by atoms with E-state index in [1.165, 1.54) is 4.68 Å². The highest BCUT2D eigenvalue weighted by Gasteiger charge is 2.14. The van der Waals surface area contributed by atoms with Crippen molar-refractivity contribution in [1.29, 1.82) is 0 Å². The quantitative estimate of drug-likeness (QED) is 0.744. The van der Waals surface area contributed by atoms with E-state index in [-0.39, 0.29) is 11.8 Å². The third kappa shape index (κ3) is 3.19. The topological polar surface area (TPSA) is 79.5 Å². The molecule has 0 fully saturated rings. The van der Waals surface area contributed by atoms with Gasteiger partial charge in [0.15, 0.2) is 0 Å². The summed E-state index contributed by atoms with van der Waals surface area (Å²) in [5.74, 6) is -0.0217. The zero-order valence-corrected chi connectivity index (χ0v) is 14.4. The number of amides is 1. The van der Waals surface area contributed by atoms with E-state index in [1.54, 1.807) is 18.2 Å². The van der Waals surface area contributed by atoms with Crippen molar-refractivity contribution in [2.75, 3.05) is 0 Å². The number of rotatable bonds is 3. The van der Waals surface area contributed by atoms with Crippen molar-refractivity contribution in [3.8, 4) is 22.8 Å². The molecule has 2 heterocycles. The third-order valence-corrected chi connectivity index (χ3v) is 4.43. The van der Waals surface area contributed by atoms with Crippen LogP contribution in [0.25, 0.3) is 16.9 Å². The van der Waals surface area contributed by atoms with Crippen LogP contribution in [0, 0.1) is 0 Å². The normalized spacial score (nSPS) is 14.0. The average molecular weight is 367 g/mol. The highest BCUT2D eigenvalue weighted by atomic mass is 35.5. The van der Waals surface area contributed by atoms with Crippen molar-refractivity contribution in [1.82, 2.24) is 15.2 Å². The summed E-state index contributed by atoms with van der Waals surface area (Å²) in [5, 5.41) is 19.5. The Morgan fingerprint density at radius 2 is 1.69 bits per heavy atom. The lowest BCUT2D eigenvalue weighted by Crippen LogP contribution is -2.25. The van der Waals surface area contributed by atoms with Crippen LogP contribution >= 0.6 is 11.6 Å². The van der Waals surface area contributed by atoms with Gasteiger partial charge in [0.25, 0.3) is 0 Å². The van der Waals surface area contributed by atoms with E-state index in [4.69, 9.17) is 11.6 Å². The maximum Gasteiger partial charge on any atom is 0.240 e. The second-order valence-corrected chi connectivity index (χ2v) is 6.38. The number of hydrogen-bond acceptors (Lipinski definition) is 4. The van der Waals surface area contributed by atoms with Crippen molar-refractivity contribution < 1.29 is 9.90 Å². The number of hydrogen-bond donors (Lipinski definition) is 2. The van der Waals surface area contributed by atoms with Crippen molar-refractivity contribution in [3.63, 3.8) is 0 Å². The minimum Gasteiger partial charge on any atom is -0.493 e. The summed E-state index contributed by atoms with van der Waals surface area (Å²) in [6.45, 7) is 0. The molecule has 0 atom stereocenters. The molecule has 7 heteroatoms. The number of nitrogens with one attached hydrogen (secondary N) is 1. The van der Waals surface area contributed by atoms with Crippen molar-refractivity contribution >= 4 is 23.2 Å². The molecule has 0 unspecified atom stereocenters. The van der Waals surface area contributed by atoms with Gasteiger partial charge in [0, 0.05) is 29.5 Å². The summed E-state index contributed by atoms with van der Waals surface area (Å²) < 4.78 is 1.47. The number of carbonyl (C=O) groups excluding carboxylic acids is 1. The van der Waals surface area contributed by atoms with Crippen LogP contribution < -0.4 is 5.43 Å². The molecule has 26 heavy (non-hydrogen) atoms. The fourth-order valence-electron chi connectivity index (χ4n) is 2.80. The van der Waals surface area contributed by atoms with Crippen LogP contribution in [-0.4, -0.2) is 26.5 Å². The maximum atomic E-state index is 11.2. The summed E-state index contributed by atoms with van der Waals surface area (Å²) in [5.41, 5.74) is 6.51. The van der Waals surface area contributed by atoms with E-state index in [0.717, 1.165) is 22.5 Å². The SMILES string of the molecule is O=C1CCC(c2ccc(-n3nc(-c4ccc(Cl)cc4)cc3O)cc2)=NN1. The van der Waals surface area contributed by atoms with Gasteiger partial charge < -0.3 is 5.11 Å². The van der Waals surface area contributed by atoms with E-state index in [9.17, 15) is 9.90 Å². The molecule has 0 saturated heterocycles. The van der Waals surface area contributed by atoms with Gasteiger partial charge in [-0.15, -0.1) is 0 Å². The summed E-state index contributed by atoms with van der Waals surface area (Å²) in [6.07, 6.45) is 1.05. The van der Waals surface area contributed by atoms with Gasteiger partial charge in [-0.3, -0.25) is 4.79 Å². The fraction of sp³-hybridized carbons (Fsp3) is 0.105. The molecule has 4 rings (SSSR count). The molecule has 1 aromatic heterocycles. The second kappa shape index (κ2) is 6.65. The lowest BCUT2D eigenvalue weighted by atomic mass is 10.0. The molecule has 6 nitrogen and oxygen atoms in total. The first kappa shape index (κ1) is 16.4. The summed E-state index contributed by atoms with van der Waals surface area (Å²) in [7, 11) is 0. The van der Waals surface area contributed by atoms with E-state index in [1.807, 2.05) is 36.4 Å². The van der Waals surface area contributed by atoms with Crippen LogP contribution in [0.2, 0.25) is 5.02 Å². The van der Waals surface area contributed by atoms with E-state index in [0.29, 0.717) is 23.6 Å². The first-order chi connectivity index (χ1) is 12.6. The predicted molar refractivity (Wildman–Crippen MR) is 99.6 cm³/mol. The van der Waals surface area contributed by atoms with Gasteiger partial charge in [-0.25, -0.2) is 10.1 Å². The Hall–Kier alpha value is -3.12. The first-order valence-corrected chi connectivity index (χ1v) is 8.49. The average Bonchev–Trinajstić information content (AvgIpc) is 3.05. The highest BCUT2D eigenvalue weighted by Crippen LogP contribution is 2.26. The van der Waals surface area contributed by atoms with Crippen LogP contribution in [0.15, 0.2) is 59.7 Å². The minimum absolute atomic E-state index is 0.0463. The molecule has 0 saturated carbocycles. The molecule has 3 aromatic rings. The first-order valence-electron chi connectivity index (χ1n) is 8.11. The zero-order chi connectivity index (χ0) is 18.1. The number of hydrazone groups is 1. The lowest BCUT2D eigenvalue weighted by molar-refractivity contribution is -0.121. The molecule has 0 aliphatic carbocycles.